The number of hydrogen-bond donors (Lipinski definition) is 1. The second kappa shape index (κ2) is 2.90. The molecule has 0 saturated carbocycles. The molecule has 2 N–H and O–H groups in total. The molecule has 2 aromatic heterocycles. The zero-order valence-electron chi connectivity index (χ0n) is 7.31. The summed E-state index contributed by atoms with van der Waals surface area (Å²) in [4.78, 5) is 3.94. The van der Waals surface area contributed by atoms with Crippen LogP contribution in [0.1, 0.15) is 0 Å². The number of anilines is 1. The Labute approximate surface area is 76.0 Å². The summed E-state index contributed by atoms with van der Waals surface area (Å²) >= 11 is 0. The Hall–Kier alpha value is -1.84. The second-order valence-electron chi connectivity index (χ2n) is 2.81. The Bertz CT molecular complexity index is 385. The molecule has 0 fully saturated rings. The van der Waals surface area contributed by atoms with Gasteiger partial charge in [-0.15, -0.1) is 0 Å². The molecule has 0 spiro atoms. The van der Waals surface area contributed by atoms with Crippen LogP contribution in [0.25, 0.3) is 11.3 Å². The highest BCUT2D eigenvalue weighted by atomic mass is 15.3. The Morgan fingerprint density at radius 3 is 2.54 bits per heavy atom. The minimum absolute atomic E-state index is 0.689. The number of rotatable bonds is 1. The molecule has 0 aromatic carbocycles. The number of pyridine rings is 1. The molecule has 66 valence electrons. The van der Waals surface area contributed by atoms with Crippen molar-refractivity contribution < 1.29 is 0 Å². The third kappa shape index (κ3) is 1.26. The van der Waals surface area contributed by atoms with Crippen LogP contribution in [0.3, 0.4) is 0 Å². The Morgan fingerprint density at radius 1 is 1.31 bits per heavy atom. The first kappa shape index (κ1) is 7.79. The van der Waals surface area contributed by atoms with Crippen LogP contribution < -0.4 is 5.73 Å². The van der Waals surface area contributed by atoms with Crippen molar-refractivity contribution in [2.75, 3.05) is 5.73 Å². The van der Waals surface area contributed by atoms with E-state index in [1.54, 1.807) is 23.3 Å². The van der Waals surface area contributed by atoms with Crippen molar-refractivity contribution in [1.29, 1.82) is 0 Å². The fourth-order valence-electron chi connectivity index (χ4n) is 1.32. The van der Waals surface area contributed by atoms with Crippen LogP contribution in [0.2, 0.25) is 0 Å². The summed E-state index contributed by atoms with van der Waals surface area (Å²) in [5.41, 5.74) is 8.43. The lowest BCUT2D eigenvalue weighted by Crippen LogP contribution is -1.95. The van der Waals surface area contributed by atoms with Crippen molar-refractivity contribution in [3.8, 4) is 11.3 Å². The topological polar surface area (TPSA) is 56.7 Å². The summed E-state index contributed by atoms with van der Waals surface area (Å²) in [6, 6.07) is 3.82. The molecule has 0 amide bonds. The first-order valence-electron chi connectivity index (χ1n) is 3.97. The van der Waals surface area contributed by atoms with Gasteiger partial charge in [0.25, 0.3) is 0 Å². The zero-order valence-corrected chi connectivity index (χ0v) is 7.31. The highest BCUT2D eigenvalue weighted by Gasteiger charge is 2.06. The lowest BCUT2D eigenvalue weighted by atomic mass is 10.2. The molecule has 0 radical (unpaired) electrons. The Morgan fingerprint density at radius 2 is 2.00 bits per heavy atom. The van der Waals surface area contributed by atoms with Gasteiger partial charge in [-0.3, -0.25) is 9.67 Å². The number of hydrogen-bond acceptors (Lipinski definition) is 3. The van der Waals surface area contributed by atoms with E-state index in [0.29, 0.717) is 5.69 Å². The van der Waals surface area contributed by atoms with Gasteiger partial charge in [0.15, 0.2) is 0 Å². The van der Waals surface area contributed by atoms with Gasteiger partial charge in [0.05, 0.1) is 17.6 Å². The van der Waals surface area contributed by atoms with Crippen molar-refractivity contribution in [3.63, 3.8) is 0 Å². The normalized spacial score (nSPS) is 10.2. The lowest BCUT2D eigenvalue weighted by molar-refractivity contribution is 0.776. The number of nitrogen functional groups attached to an aromatic ring is 1. The number of nitrogens with zero attached hydrogens (tertiary/aromatic N) is 3. The van der Waals surface area contributed by atoms with Crippen LogP contribution in [-0.4, -0.2) is 14.8 Å². The summed E-state index contributed by atoms with van der Waals surface area (Å²) in [6.07, 6.45) is 5.12. The minimum atomic E-state index is 0.689. The first-order valence-corrected chi connectivity index (χ1v) is 3.97. The summed E-state index contributed by atoms with van der Waals surface area (Å²) in [5, 5.41) is 4.06. The van der Waals surface area contributed by atoms with Gasteiger partial charge in [0.1, 0.15) is 0 Å². The van der Waals surface area contributed by atoms with Crippen molar-refractivity contribution in [2.45, 2.75) is 0 Å². The summed E-state index contributed by atoms with van der Waals surface area (Å²) in [5.74, 6) is 0. The molecule has 2 rings (SSSR count). The highest BCUT2D eigenvalue weighted by molar-refractivity contribution is 5.71. The average Bonchev–Trinajstić information content (AvgIpc) is 2.48. The van der Waals surface area contributed by atoms with E-state index in [1.807, 2.05) is 19.2 Å². The van der Waals surface area contributed by atoms with E-state index in [4.69, 9.17) is 5.73 Å². The molecule has 0 aliphatic carbocycles. The van der Waals surface area contributed by atoms with E-state index in [0.717, 1.165) is 11.3 Å². The van der Waals surface area contributed by atoms with Crippen molar-refractivity contribution >= 4 is 5.69 Å². The molecular formula is C9H10N4. The predicted octanol–water partition coefficient (Wildman–Crippen LogP) is 1.06. The molecule has 13 heavy (non-hydrogen) atoms. The molecule has 2 aromatic rings. The molecule has 0 atom stereocenters. The van der Waals surface area contributed by atoms with Gasteiger partial charge in [-0.2, -0.15) is 5.10 Å². The molecule has 4 nitrogen and oxygen atoms in total. The third-order valence-electron chi connectivity index (χ3n) is 1.92. The van der Waals surface area contributed by atoms with Crippen LogP contribution in [0.4, 0.5) is 5.69 Å². The SMILES string of the molecule is Cn1ncc(N)c1-c1ccncc1. The highest BCUT2D eigenvalue weighted by Crippen LogP contribution is 2.23. The Kier molecular flexibility index (Phi) is 1.73. The van der Waals surface area contributed by atoms with E-state index < -0.39 is 0 Å². The van der Waals surface area contributed by atoms with E-state index in [9.17, 15) is 0 Å². The monoisotopic (exact) mass is 174 g/mol. The summed E-state index contributed by atoms with van der Waals surface area (Å²) in [6.45, 7) is 0. The quantitative estimate of drug-likeness (QED) is 0.703. The van der Waals surface area contributed by atoms with Crippen LogP contribution >= 0.6 is 0 Å². The zero-order chi connectivity index (χ0) is 9.26. The molecule has 0 bridgehead atoms. The maximum Gasteiger partial charge on any atom is 0.0909 e. The van der Waals surface area contributed by atoms with Gasteiger partial charge in [-0.1, -0.05) is 0 Å². The Balaban J connectivity index is 2.59. The fourth-order valence-corrected chi connectivity index (χ4v) is 1.32. The van der Waals surface area contributed by atoms with E-state index >= 15 is 0 Å². The second-order valence-corrected chi connectivity index (χ2v) is 2.81. The number of nitrogens with two attached hydrogens (primary N) is 1. The fraction of sp³-hybridized carbons (Fsp3) is 0.111. The molecule has 0 saturated heterocycles. The van der Waals surface area contributed by atoms with Gasteiger partial charge in [0.2, 0.25) is 0 Å². The summed E-state index contributed by atoms with van der Waals surface area (Å²) < 4.78 is 1.75. The average molecular weight is 174 g/mol. The standard InChI is InChI=1S/C9H10N4/c1-13-9(8(10)6-12-13)7-2-4-11-5-3-7/h2-6H,10H2,1H3. The van der Waals surface area contributed by atoms with Crippen molar-refractivity contribution in [1.82, 2.24) is 14.8 Å². The van der Waals surface area contributed by atoms with Crippen LogP contribution in [0.5, 0.6) is 0 Å². The molecule has 2 heterocycles. The maximum atomic E-state index is 5.77. The third-order valence-corrected chi connectivity index (χ3v) is 1.92. The smallest absolute Gasteiger partial charge is 0.0909 e. The molecular weight excluding hydrogens is 164 g/mol. The van der Waals surface area contributed by atoms with Gasteiger partial charge in [-0.25, -0.2) is 0 Å². The van der Waals surface area contributed by atoms with Crippen molar-refractivity contribution in [3.05, 3.63) is 30.7 Å². The first-order chi connectivity index (χ1) is 6.29. The minimum Gasteiger partial charge on any atom is -0.396 e. The largest absolute Gasteiger partial charge is 0.396 e. The van der Waals surface area contributed by atoms with Crippen LogP contribution in [-0.2, 0) is 7.05 Å². The lowest BCUT2D eigenvalue weighted by Gasteiger charge is -2.01. The molecule has 0 aliphatic rings. The van der Waals surface area contributed by atoms with Gasteiger partial charge < -0.3 is 5.73 Å². The van der Waals surface area contributed by atoms with Gasteiger partial charge in [0, 0.05) is 25.0 Å². The molecule has 0 aliphatic heterocycles. The van der Waals surface area contributed by atoms with Crippen LogP contribution in [0.15, 0.2) is 30.7 Å². The van der Waals surface area contributed by atoms with E-state index in [-0.39, 0.29) is 0 Å². The van der Waals surface area contributed by atoms with E-state index in [1.165, 1.54) is 0 Å². The van der Waals surface area contributed by atoms with Gasteiger partial charge in [-0.05, 0) is 12.1 Å². The summed E-state index contributed by atoms with van der Waals surface area (Å²) in [7, 11) is 1.87. The predicted molar refractivity (Wildman–Crippen MR) is 50.9 cm³/mol. The van der Waals surface area contributed by atoms with Crippen LogP contribution in [0, 0.1) is 0 Å². The molecule has 4 heteroatoms. The number of aryl methyl sites for hydroxylation is 1. The van der Waals surface area contributed by atoms with Crippen molar-refractivity contribution in [2.24, 2.45) is 7.05 Å². The van der Waals surface area contributed by atoms with E-state index in [2.05, 4.69) is 10.1 Å². The number of aromatic nitrogens is 3. The maximum absolute atomic E-state index is 5.77. The molecule has 0 unspecified atom stereocenters. The van der Waals surface area contributed by atoms with Gasteiger partial charge >= 0.3 is 0 Å².